The Hall–Kier alpha value is -3.80. The van der Waals surface area contributed by atoms with E-state index in [-0.39, 0.29) is 17.5 Å². The molecule has 2 aromatic carbocycles. The lowest BCUT2D eigenvalue weighted by molar-refractivity contribution is -0.132. The topological polar surface area (TPSA) is 79.0 Å². The highest BCUT2D eigenvalue weighted by molar-refractivity contribution is 5.87. The minimum Gasteiger partial charge on any atom is -0.336 e. The minimum atomic E-state index is -0.186. The van der Waals surface area contributed by atoms with E-state index in [1.165, 1.54) is 16.3 Å². The first-order valence-corrected chi connectivity index (χ1v) is 11.4. The van der Waals surface area contributed by atoms with Gasteiger partial charge in [-0.25, -0.2) is 4.98 Å². The Kier molecular flexibility index (Phi) is 5.73. The van der Waals surface area contributed by atoms with Crippen LogP contribution in [0, 0.1) is 6.92 Å². The molecule has 0 saturated carbocycles. The lowest BCUT2D eigenvalue weighted by Gasteiger charge is -2.26. The van der Waals surface area contributed by atoms with Crippen LogP contribution >= 0.6 is 0 Å². The molecule has 1 N–H and O–H groups in total. The second kappa shape index (κ2) is 8.98. The predicted molar refractivity (Wildman–Crippen MR) is 129 cm³/mol. The summed E-state index contributed by atoms with van der Waals surface area (Å²) in [6.45, 7) is 2.58. The normalized spacial score (nSPS) is 15.8. The summed E-state index contributed by atoms with van der Waals surface area (Å²) in [6.07, 6.45) is 5.95. The number of hydrogen-bond donors (Lipinski definition) is 1. The molecule has 6 heteroatoms. The third-order valence-electron chi connectivity index (χ3n) is 6.52. The van der Waals surface area contributed by atoms with Crippen molar-refractivity contribution in [2.45, 2.75) is 38.6 Å². The Labute approximate surface area is 192 Å². The molecule has 33 heavy (non-hydrogen) atoms. The number of pyridine rings is 1. The van der Waals surface area contributed by atoms with Crippen LogP contribution in [0.4, 0.5) is 0 Å². The monoisotopic (exact) mass is 438 g/mol. The van der Waals surface area contributed by atoms with E-state index in [1.807, 2.05) is 36.1 Å². The quantitative estimate of drug-likeness (QED) is 0.494. The number of nitrogens with one attached hydrogen (secondary N) is 1. The summed E-state index contributed by atoms with van der Waals surface area (Å²) >= 11 is 0. The average molecular weight is 439 g/mol. The maximum atomic E-state index is 13.2. The standard InChI is InChI=1S/C27H26N4O2/c1-18-21(27(33)30-26(29-18)20-13-15-28-16-14-20)11-12-25(32)31-17-5-10-24(31)23-9-4-7-19-6-2-3-8-22(19)23/h2-4,6-9,13-16,24H,5,10-12,17H2,1H3,(H,29,30,33)/t24-/m1/s1. The predicted octanol–water partition coefficient (Wildman–Crippen LogP) is 4.59. The number of hydrogen-bond acceptors (Lipinski definition) is 4. The van der Waals surface area contributed by atoms with Crippen LogP contribution in [0.25, 0.3) is 22.2 Å². The van der Waals surface area contributed by atoms with Crippen molar-refractivity contribution in [1.29, 1.82) is 0 Å². The van der Waals surface area contributed by atoms with Gasteiger partial charge in [-0.05, 0) is 54.7 Å². The van der Waals surface area contributed by atoms with Gasteiger partial charge in [0.05, 0.1) is 6.04 Å². The molecule has 5 rings (SSSR count). The van der Waals surface area contributed by atoms with E-state index in [0.29, 0.717) is 29.9 Å². The second-order valence-corrected chi connectivity index (χ2v) is 8.53. The molecule has 6 nitrogen and oxygen atoms in total. The number of aromatic nitrogens is 3. The zero-order valence-corrected chi connectivity index (χ0v) is 18.6. The summed E-state index contributed by atoms with van der Waals surface area (Å²) in [4.78, 5) is 39.4. The average Bonchev–Trinajstić information content (AvgIpc) is 3.33. The number of H-pyrrole nitrogens is 1. The highest BCUT2D eigenvalue weighted by Crippen LogP contribution is 2.36. The zero-order valence-electron chi connectivity index (χ0n) is 18.6. The summed E-state index contributed by atoms with van der Waals surface area (Å²) in [5.41, 5.74) is 3.06. The van der Waals surface area contributed by atoms with Gasteiger partial charge in [-0.15, -0.1) is 0 Å². The maximum Gasteiger partial charge on any atom is 0.254 e. The minimum absolute atomic E-state index is 0.0789. The van der Waals surface area contributed by atoms with Crippen LogP contribution in [0.2, 0.25) is 0 Å². The maximum absolute atomic E-state index is 13.2. The van der Waals surface area contributed by atoms with Crippen LogP contribution in [0.15, 0.2) is 71.8 Å². The third-order valence-corrected chi connectivity index (χ3v) is 6.52. The fourth-order valence-electron chi connectivity index (χ4n) is 4.86. The van der Waals surface area contributed by atoms with Gasteiger partial charge < -0.3 is 9.88 Å². The lowest BCUT2D eigenvalue weighted by Crippen LogP contribution is -2.31. The van der Waals surface area contributed by atoms with Crippen molar-refractivity contribution < 1.29 is 4.79 Å². The number of benzene rings is 2. The van der Waals surface area contributed by atoms with Crippen molar-refractivity contribution in [2.75, 3.05) is 6.54 Å². The number of rotatable bonds is 5. The molecule has 0 radical (unpaired) electrons. The molecule has 0 spiro atoms. The summed E-state index contributed by atoms with van der Waals surface area (Å²) in [5, 5.41) is 2.39. The van der Waals surface area contributed by atoms with Gasteiger partial charge in [-0.1, -0.05) is 42.5 Å². The van der Waals surface area contributed by atoms with Gasteiger partial charge in [0.2, 0.25) is 5.91 Å². The molecule has 1 saturated heterocycles. The first kappa shape index (κ1) is 21.1. The molecule has 3 heterocycles. The molecule has 1 fully saturated rings. The van der Waals surface area contributed by atoms with Crippen molar-refractivity contribution in [1.82, 2.24) is 19.9 Å². The SMILES string of the molecule is Cc1nc(-c2ccncc2)[nH]c(=O)c1CCC(=O)N1CCC[C@@H]1c1cccc2ccccc12. The first-order valence-electron chi connectivity index (χ1n) is 11.4. The van der Waals surface area contributed by atoms with Gasteiger partial charge >= 0.3 is 0 Å². The van der Waals surface area contributed by atoms with Crippen molar-refractivity contribution in [2.24, 2.45) is 0 Å². The van der Waals surface area contributed by atoms with Gasteiger partial charge in [-0.3, -0.25) is 14.6 Å². The van der Waals surface area contributed by atoms with Crippen LogP contribution < -0.4 is 5.56 Å². The van der Waals surface area contributed by atoms with Crippen LogP contribution in [0.1, 0.15) is 42.1 Å². The van der Waals surface area contributed by atoms with E-state index in [0.717, 1.165) is 24.9 Å². The molecular weight excluding hydrogens is 412 g/mol. The van der Waals surface area contributed by atoms with E-state index >= 15 is 0 Å². The number of nitrogens with zero attached hydrogens (tertiary/aromatic N) is 3. The number of aromatic amines is 1. The lowest BCUT2D eigenvalue weighted by atomic mass is 9.97. The molecule has 166 valence electrons. The van der Waals surface area contributed by atoms with Crippen molar-refractivity contribution >= 4 is 16.7 Å². The highest BCUT2D eigenvalue weighted by atomic mass is 16.2. The van der Waals surface area contributed by atoms with Crippen LogP contribution in [0.3, 0.4) is 0 Å². The van der Waals surface area contributed by atoms with E-state index in [9.17, 15) is 9.59 Å². The Morgan fingerprint density at radius 2 is 1.88 bits per heavy atom. The molecule has 4 aromatic rings. The highest BCUT2D eigenvalue weighted by Gasteiger charge is 2.30. The van der Waals surface area contributed by atoms with Gasteiger partial charge in [0, 0.05) is 42.2 Å². The summed E-state index contributed by atoms with van der Waals surface area (Å²) in [7, 11) is 0. The molecule has 1 aliphatic rings. The number of carbonyl (C=O) groups excluding carboxylic acids is 1. The summed E-state index contributed by atoms with van der Waals surface area (Å²) < 4.78 is 0. The van der Waals surface area contributed by atoms with E-state index in [2.05, 4.69) is 45.3 Å². The van der Waals surface area contributed by atoms with Crippen molar-refractivity contribution in [3.8, 4) is 11.4 Å². The smallest absolute Gasteiger partial charge is 0.254 e. The zero-order chi connectivity index (χ0) is 22.8. The van der Waals surface area contributed by atoms with Crippen LogP contribution in [-0.2, 0) is 11.2 Å². The number of likely N-dealkylation sites (tertiary alicyclic amines) is 1. The molecular formula is C27H26N4O2. The number of aryl methyl sites for hydroxylation is 1. The molecule has 1 aliphatic heterocycles. The van der Waals surface area contributed by atoms with Gasteiger partial charge in [0.15, 0.2) is 0 Å². The molecule has 0 bridgehead atoms. The summed E-state index contributed by atoms with van der Waals surface area (Å²) in [5.74, 6) is 0.605. The molecule has 0 aliphatic carbocycles. The number of carbonyl (C=O) groups is 1. The Bertz CT molecular complexity index is 1360. The van der Waals surface area contributed by atoms with Crippen LogP contribution in [-0.4, -0.2) is 32.3 Å². The van der Waals surface area contributed by atoms with Crippen LogP contribution in [0.5, 0.6) is 0 Å². The van der Waals surface area contributed by atoms with E-state index in [1.54, 1.807) is 12.4 Å². The van der Waals surface area contributed by atoms with Gasteiger partial charge in [0.1, 0.15) is 5.82 Å². The molecule has 1 atom stereocenters. The summed E-state index contributed by atoms with van der Waals surface area (Å²) in [6, 6.07) is 18.3. The Morgan fingerprint density at radius 3 is 2.70 bits per heavy atom. The fourth-order valence-corrected chi connectivity index (χ4v) is 4.86. The molecule has 1 amide bonds. The molecule has 0 unspecified atom stereocenters. The Balaban J connectivity index is 1.34. The number of fused-ring (bicyclic) bond motifs is 1. The first-order chi connectivity index (χ1) is 16.1. The van der Waals surface area contributed by atoms with Crippen molar-refractivity contribution in [3.05, 3.63) is 94.2 Å². The third kappa shape index (κ3) is 4.16. The van der Waals surface area contributed by atoms with E-state index in [4.69, 9.17) is 0 Å². The molecule has 2 aromatic heterocycles. The second-order valence-electron chi connectivity index (χ2n) is 8.53. The van der Waals surface area contributed by atoms with Gasteiger partial charge in [0.25, 0.3) is 5.56 Å². The van der Waals surface area contributed by atoms with E-state index < -0.39 is 0 Å². The number of amides is 1. The largest absolute Gasteiger partial charge is 0.336 e. The van der Waals surface area contributed by atoms with Gasteiger partial charge in [-0.2, -0.15) is 0 Å². The fraction of sp³-hybridized carbons (Fsp3) is 0.259. The Morgan fingerprint density at radius 1 is 1.09 bits per heavy atom. The van der Waals surface area contributed by atoms with Crippen molar-refractivity contribution in [3.63, 3.8) is 0 Å².